The van der Waals surface area contributed by atoms with Gasteiger partial charge < -0.3 is 9.47 Å². The number of morpholine rings is 1. The van der Waals surface area contributed by atoms with Crippen LogP contribution in [0.5, 0.6) is 0 Å². The fraction of sp³-hybridized carbons (Fsp3) is 0.750. The summed E-state index contributed by atoms with van der Waals surface area (Å²) in [6, 6.07) is -0.254. The van der Waals surface area contributed by atoms with E-state index >= 15 is 0 Å². The third-order valence-electron chi connectivity index (χ3n) is 2.80. The Bertz CT molecular complexity index is 452. The van der Waals surface area contributed by atoms with Crippen molar-refractivity contribution in [2.75, 3.05) is 19.8 Å². The third kappa shape index (κ3) is 3.23. The quantitative estimate of drug-likeness (QED) is 0.763. The first-order chi connectivity index (χ1) is 8.88. The summed E-state index contributed by atoms with van der Waals surface area (Å²) in [4.78, 5) is 18.1. The lowest BCUT2D eigenvalue weighted by molar-refractivity contribution is -0.0358. The van der Waals surface area contributed by atoms with E-state index in [-0.39, 0.29) is 12.1 Å². The van der Waals surface area contributed by atoms with Crippen molar-refractivity contribution in [2.45, 2.75) is 32.4 Å². The molecule has 1 aromatic heterocycles. The third-order valence-corrected chi connectivity index (χ3v) is 2.80. The lowest BCUT2D eigenvalue weighted by Gasteiger charge is -2.35. The zero-order valence-electron chi connectivity index (χ0n) is 11.8. The van der Waals surface area contributed by atoms with E-state index in [1.54, 1.807) is 16.6 Å². The molecule has 7 nitrogen and oxygen atoms in total. The fourth-order valence-corrected chi connectivity index (χ4v) is 1.96. The predicted octanol–water partition coefficient (Wildman–Crippen LogP) is 1.12. The lowest BCUT2D eigenvalue weighted by Crippen LogP contribution is -2.46. The number of rotatable bonds is 1. The maximum Gasteiger partial charge on any atom is 0.411 e. The second-order valence-electron chi connectivity index (χ2n) is 5.51. The highest BCUT2D eigenvalue weighted by Crippen LogP contribution is 2.24. The van der Waals surface area contributed by atoms with E-state index < -0.39 is 5.60 Å². The van der Waals surface area contributed by atoms with E-state index in [1.807, 2.05) is 20.8 Å². The topological polar surface area (TPSA) is 69.5 Å². The minimum atomic E-state index is -0.514. The summed E-state index contributed by atoms with van der Waals surface area (Å²) in [5.74, 6) is 0.700. The number of aromatic nitrogens is 3. The first-order valence-electron chi connectivity index (χ1n) is 6.30. The molecule has 2 heterocycles. The highest BCUT2D eigenvalue weighted by Gasteiger charge is 2.34. The van der Waals surface area contributed by atoms with E-state index in [1.165, 1.54) is 6.33 Å². The Balaban J connectivity index is 2.17. The predicted molar refractivity (Wildman–Crippen MR) is 67.5 cm³/mol. The molecule has 0 aliphatic carbocycles. The summed E-state index contributed by atoms with van der Waals surface area (Å²) in [6.07, 6.45) is 1.13. The molecule has 0 bridgehead atoms. The molecule has 1 aliphatic rings. The van der Waals surface area contributed by atoms with Gasteiger partial charge >= 0.3 is 6.09 Å². The number of aryl methyl sites for hydroxylation is 1. The minimum absolute atomic E-state index is 0.254. The molecule has 0 saturated carbocycles. The average molecular weight is 268 g/mol. The number of amides is 1. The van der Waals surface area contributed by atoms with Gasteiger partial charge in [-0.1, -0.05) is 0 Å². The second-order valence-corrected chi connectivity index (χ2v) is 5.51. The Labute approximate surface area is 112 Å². The van der Waals surface area contributed by atoms with Crippen molar-refractivity contribution >= 4 is 6.09 Å². The highest BCUT2D eigenvalue weighted by atomic mass is 16.6. The molecule has 0 unspecified atom stereocenters. The van der Waals surface area contributed by atoms with Crippen molar-refractivity contribution in [3.63, 3.8) is 0 Å². The molecule has 7 heteroatoms. The van der Waals surface area contributed by atoms with Gasteiger partial charge in [-0.25, -0.2) is 9.78 Å². The van der Waals surface area contributed by atoms with E-state index in [0.717, 1.165) is 0 Å². The van der Waals surface area contributed by atoms with Crippen LogP contribution in [-0.2, 0) is 16.5 Å². The van der Waals surface area contributed by atoms with Crippen molar-refractivity contribution in [3.05, 3.63) is 12.2 Å². The van der Waals surface area contributed by atoms with Crippen molar-refractivity contribution in [1.82, 2.24) is 19.7 Å². The molecule has 1 fully saturated rings. The summed E-state index contributed by atoms with van der Waals surface area (Å²) in [6.45, 7) is 6.96. The molecule has 1 aliphatic heterocycles. The Hall–Kier alpha value is -1.63. The van der Waals surface area contributed by atoms with Crippen LogP contribution in [-0.4, -0.2) is 51.1 Å². The van der Waals surface area contributed by atoms with Crippen LogP contribution in [0.15, 0.2) is 6.33 Å². The smallest absolute Gasteiger partial charge is 0.411 e. The molecular weight excluding hydrogens is 248 g/mol. The van der Waals surface area contributed by atoms with Gasteiger partial charge in [0.05, 0.1) is 13.2 Å². The SMILES string of the molecule is Cn1ncnc1[C@H]1COCCN1C(=O)OC(C)(C)C. The molecule has 1 aromatic rings. The van der Waals surface area contributed by atoms with Crippen LogP contribution in [0.3, 0.4) is 0 Å². The van der Waals surface area contributed by atoms with Gasteiger partial charge in [0.15, 0.2) is 5.82 Å². The maximum absolute atomic E-state index is 12.2. The van der Waals surface area contributed by atoms with Crippen LogP contribution in [0.4, 0.5) is 4.79 Å². The van der Waals surface area contributed by atoms with Gasteiger partial charge in [-0.3, -0.25) is 9.58 Å². The van der Waals surface area contributed by atoms with E-state index in [2.05, 4.69) is 10.1 Å². The molecule has 1 amide bonds. The van der Waals surface area contributed by atoms with Gasteiger partial charge in [0.2, 0.25) is 0 Å². The van der Waals surface area contributed by atoms with Gasteiger partial charge in [-0.2, -0.15) is 5.10 Å². The second kappa shape index (κ2) is 5.16. The summed E-state index contributed by atoms with van der Waals surface area (Å²) in [5.41, 5.74) is -0.514. The summed E-state index contributed by atoms with van der Waals surface area (Å²) >= 11 is 0. The van der Waals surface area contributed by atoms with E-state index in [4.69, 9.17) is 9.47 Å². The zero-order chi connectivity index (χ0) is 14.0. The molecule has 1 atom stereocenters. The number of carbonyl (C=O) groups is 1. The van der Waals surface area contributed by atoms with Crippen LogP contribution in [0, 0.1) is 0 Å². The van der Waals surface area contributed by atoms with Crippen molar-refractivity contribution in [1.29, 1.82) is 0 Å². The molecule has 1 saturated heterocycles. The van der Waals surface area contributed by atoms with Crippen molar-refractivity contribution in [3.8, 4) is 0 Å². The van der Waals surface area contributed by atoms with Crippen LogP contribution in [0.25, 0.3) is 0 Å². The number of ether oxygens (including phenoxy) is 2. The molecule has 19 heavy (non-hydrogen) atoms. The highest BCUT2D eigenvalue weighted by molar-refractivity contribution is 5.68. The van der Waals surface area contributed by atoms with Gasteiger partial charge in [0.25, 0.3) is 0 Å². The molecule has 2 rings (SSSR count). The van der Waals surface area contributed by atoms with Crippen molar-refractivity contribution in [2.24, 2.45) is 7.05 Å². The number of hydrogen-bond donors (Lipinski definition) is 0. The minimum Gasteiger partial charge on any atom is -0.444 e. The molecule has 0 aromatic carbocycles. The van der Waals surface area contributed by atoms with Gasteiger partial charge in [0, 0.05) is 13.6 Å². The Morgan fingerprint density at radius 2 is 2.26 bits per heavy atom. The van der Waals surface area contributed by atoms with Crippen LogP contribution >= 0.6 is 0 Å². The molecule has 106 valence electrons. The van der Waals surface area contributed by atoms with E-state index in [9.17, 15) is 4.79 Å². The first kappa shape index (κ1) is 13.8. The Kier molecular flexibility index (Phi) is 3.75. The van der Waals surface area contributed by atoms with Gasteiger partial charge in [-0.05, 0) is 20.8 Å². The summed E-state index contributed by atoms with van der Waals surface area (Å²) in [7, 11) is 1.80. The number of hydrogen-bond acceptors (Lipinski definition) is 5. The molecule has 0 N–H and O–H groups in total. The summed E-state index contributed by atoms with van der Waals surface area (Å²) in [5, 5.41) is 4.03. The van der Waals surface area contributed by atoms with Crippen molar-refractivity contribution < 1.29 is 14.3 Å². The monoisotopic (exact) mass is 268 g/mol. The molecular formula is C12H20N4O3. The molecule has 0 radical (unpaired) electrons. The fourth-order valence-electron chi connectivity index (χ4n) is 1.96. The lowest BCUT2D eigenvalue weighted by atomic mass is 10.2. The first-order valence-corrected chi connectivity index (χ1v) is 6.30. The standard InChI is InChI=1S/C12H20N4O3/c1-12(2,3)19-11(17)16-5-6-18-7-9(16)10-13-8-14-15(10)4/h8-9H,5-7H2,1-4H3/t9-/m1/s1. The average Bonchev–Trinajstić information content (AvgIpc) is 2.73. The maximum atomic E-state index is 12.2. The van der Waals surface area contributed by atoms with E-state index in [0.29, 0.717) is 25.6 Å². The number of carbonyl (C=O) groups excluding carboxylic acids is 1. The van der Waals surface area contributed by atoms with Crippen LogP contribution < -0.4 is 0 Å². The Morgan fingerprint density at radius 3 is 2.84 bits per heavy atom. The normalized spacial score (nSPS) is 20.4. The van der Waals surface area contributed by atoms with Crippen LogP contribution in [0.2, 0.25) is 0 Å². The Morgan fingerprint density at radius 1 is 1.53 bits per heavy atom. The van der Waals surface area contributed by atoms with Crippen LogP contribution in [0.1, 0.15) is 32.6 Å². The zero-order valence-corrected chi connectivity index (χ0v) is 11.8. The summed E-state index contributed by atoms with van der Waals surface area (Å²) < 4.78 is 12.5. The largest absolute Gasteiger partial charge is 0.444 e. The van der Waals surface area contributed by atoms with Gasteiger partial charge in [-0.15, -0.1) is 0 Å². The van der Waals surface area contributed by atoms with Gasteiger partial charge in [0.1, 0.15) is 18.0 Å². The number of nitrogens with zero attached hydrogens (tertiary/aromatic N) is 4. The molecule has 0 spiro atoms.